The van der Waals surface area contributed by atoms with Crippen molar-refractivity contribution in [1.29, 1.82) is 0 Å². The first kappa shape index (κ1) is 7.27. The van der Waals surface area contributed by atoms with Gasteiger partial charge in [0, 0.05) is 17.5 Å². The number of hydrogen-bond acceptors (Lipinski definition) is 1. The van der Waals surface area contributed by atoms with E-state index in [-0.39, 0.29) is 0 Å². The van der Waals surface area contributed by atoms with Crippen LogP contribution in [-0.2, 0) is 6.42 Å². The lowest BCUT2D eigenvalue weighted by molar-refractivity contribution is -0.697. The van der Waals surface area contributed by atoms with E-state index < -0.39 is 0 Å². The molecule has 0 bridgehead atoms. The average molecular weight is 174 g/mol. The molecule has 1 aromatic rings. The van der Waals surface area contributed by atoms with Crippen molar-refractivity contribution in [3.05, 3.63) is 34.9 Å². The molecule has 13 heavy (non-hydrogen) atoms. The fourth-order valence-corrected chi connectivity index (χ4v) is 2.57. The van der Waals surface area contributed by atoms with E-state index in [0.717, 1.165) is 18.5 Å². The topological polar surface area (TPSA) is 33.7 Å². The highest BCUT2D eigenvalue weighted by atomic mass is 16.1. The van der Waals surface area contributed by atoms with E-state index in [1.807, 2.05) is 12.1 Å². The molecular weight excluding hydrogens is 162 g/mol. The van der Waals surface area contributed by atoms with E-state index in [2.05, 4.69) is 11.4 Å². The normalized spacial score (nSPS) is 24.6. The number of benzene rings is 1. The van der Waals surface area contributed by atoms with Crippen molar-refractivity contribution in [3.63, 3.8) is 0 Å². The van der Waals surface area contributed by atoms with Gasteiger partial charge in [0.2, 0.25) is 0 Å². The van der Waals surface area contributed by atoms with Gasteiger partial charge >= 0.3 is 0 Å². The van der Waals surface area contributed by atoms with Crippen molar-refractivity contribution >= 4 is 5.78 Å². The van der Waals surface area contributed by atoms with E-state index in [1.165, 1.54) is 11.1 Å². The van der Waals surface area contributed by atoms with E-state index in [9.17, 15) is 4.79 Å². The summed E-state index contributed by atoms with van der Waals surface area (Å²) in [6.07, 6.45) is 1.83. The summed E-state index contributed by atoms with van der Waals surface area (Å²) in [5, 5.41) is 2.30. The van der Waals surface area contributed by atoms with Crippen molar-refractivity contribution in [2.75, 3.05) is 6.54 Å². The SMILES string of the molecule is O=C1C[C@@H]2[NH2+]CCc3cccc1c32. The zero-order chi connectivity index (χ0) is 8.84. The van der Waals surface area contributed by atoms with Gasteiger partial charge < -0.3 is 5.32 Å². The summed E-state index contributed by atoms with van der Waals surface area (Å²) in [7, 11) is 0. The first-order valence-electron chi connectivity index (χ1n) is 4.84. The number of carbonyl (C=O) groups excluding carboxylic acids is 1. The van der Waals surface area contributed by atoms with Crippen LogP contribution in [0.5, 0.6) is 0 Å². The zero-order valence-electron chi connectivity index (χ0n) is 7.42. The Balaban J connectivity index is 2.28. The summed E-state index contributed by atoms with van der Waals surface area (Å²) in [6.45, 7) is 1.13. The number of ketones is 1. The Kier molecular flexibility index (Phi) is 1.35. The summed E-state index contributed by atoms with van der Waals surface area (Å²) in [6, 6.07) is 6.59. The second-order valence-corrected chi connectivity index (χ2v) is 3.89. The Bertz CT molecular complexity index is 384. The Labute approximate surface area is 77.0 Å². The molecule has 2 heteroatoms. The molecule has 0 amide bonds. The van der Waals surface area contributed by atoms with Crippen molar-refractivity contribution in [2.24, 2.45) is 0 Å². The lowest BCUT2D eigenvalue weighted by Gasteiger charge is -2.18. The Morgan fingerprint density at radius 1 is 1.38 bits per heavy atom. The van der Waals surface area contributed by atoms with E-state index in [0.29, 0.717) is 18.2 Å². The minimum atomic E-state index is 0.333. The molecule has 1 atom stereocenters. The molecule has 0 radical (unpaired) electrons. The second kappa shape index (κ2) is 2.42. The van der Waals surface area contributed by atoms with Gasteiger partial charge in [-0.3, -0.25) is 4.79 Å². The Morgan fingerprint density at radius 2 is 2.31 bits per heavy atom. The zero-order valence-corrected chi connectivity index (χ0v) is 7.42. The molecule has 0 saturated carbocycles. The minimum Gasteiger partial charge on any atom is -0.339 e. The van der Waals surface area contributed by atoms with Crippen LogP contribution in [0.1, 0.15) is 33.9 Å². The number of nitrogens with two attached hydrogens (primary N) is 1. The standard InChI is InChI=1S/C11H11NO/c13-10-6-9-11-7(4-5-12-9)2-1-3-8(10)11/h1-3,9,12H,4-6H2/p+1/t9-/m0/s1. The first-order valence-corrected chi connectivity index (χ1v) is 4.84. The van der Waals surface area contributed by atoms with Gasteiger partial charge in [-0.05, 0) is 5.56 Å². The van der Waals surface area contributed by atoms with Crippen LogP contribution in [0.25, 0.3) is 0 Å². The molecule has 0 unspecified atom stereocenters. The fraction of sp³-hybridized carbons (Fsp3) is 0.364. The number of hydrogen-bond donors (Lipinski definition) is 1. The van der Waals surface area contributed by atoms with Gasteiger partial charge in [-0.2, -0.15) is 0 Å². The maximum Gasteiger partial charge on any atom is 0.169 e. The van der Waals surface area contributed by atoms with Crippen LogP contribution in [0.2, 0.25) is 0 Å². The van der Waals surface area contributed by atoms with Crippen molar-refractivity contribution in [2.45, 2.75) is 18.9 Å². The number of carbonyl (C=O) groups is 1. The Morgan fingerprint density at radius 3 is 3.23 bits per heavy atom. The van der Waals surface area contributed by atoms with Crippen LogP contribution in [0.15, 0.2) is 18.2 Å². The molecule has 3 rings (SSSR count). The van der Waals surface area contributed by atoms with Gasteiger partial charge in [-0.25, -0.2) is 0 Å². The second-order valence-electron chi connectivity index (χ2n) is 3.89. The molecule has 1 aliphatic heterocycles. The van der Waals surface area contributed by atoms with E-state index in [1.54, 1.807) is 0 Å². The maximum atomic E-state index is 11.6. The molecule has 2 N–H and O–H groups in total. The van der Waals surface area contributed by atoms with Gasteiger partial charge in [0.15, 0.2) is 5.78 Å². The Hall–Kier alpha value is -1.15. The van der Waals surface area contributed by atoms with Gasteiger partial charge in [-0.1, -0.05) is 18.2 Å². The molecule has 1 aliphatic carbocycles. The minimum absolute atomic E-state index is 0.333. The van der Waals surface area contributed by atoms with Crippen molar-refractivity contribution in [3.8, 4) is 0 Å². The quantitative estimate of drug-likeness (QED) is 0.608. The van der Waals surface area contributed by atoms with Gasteiger partial charge in [0.05, 0.1) is 13.0 Å². The summed E-state index contributed by atoms with van der Waals surface area (Å²) in [4.78, 5) is 11.6. The summed E-state index contributed by atoms with van der Waals surface area (Å²) in [5.74, 6) is 0.333. The number of Topliss-reactive ketones (excluding diaryl/α,β-unsaturated/α-hetero) is 1. The number of quaternary nitrogens is 1. The molecule has 66 valence electrons. The number of rotatable bonds is 0. The van der Waals surface area contributed by atoms with Crippen LogP contribution >= 0.6 is 0 Å². The third-order valence-electron chi connectivity index (χ3n) is 3.14. The lowest BCUT2D eigenvalue weighted by atomic mass is 9.95. The lowest BCUT2D eigenvalue weighted by Crippen LogP contribution is -2.86. The smallest absolute Gasteiger partial charge is 0.169 e. The van der Waals surface area contributed by atoms with E-state index >= 15 is 0 Å². The molecule has 0 spiro atoms. The molecule has 2 aliphatic rings. The van der Waals surface area contributed by atoms with E-state index in [4.69, 9.17) is 0 Å². The van der Waals surface area contributed by atoms with Gasteiger partial charge in [0.25, 0.3) is 0 Å². The van der Waals surface area contributed by atoms with Crippen LogP contribution < -0.4 is 5.32 Å². The van der Waals surface area contributed by atoms with Crippen LogP contribution in [0, 0.1) is 0 Å². The fourth-order valence-electron chi connectivity index (χ4n) is 2.57. The predicted octanol–water partition coefficient (Wildman–Crippen LogP) is 0.434. The van der Waals surface area contributed by atoms with Crippen molar-refractivity contribution in [1.82, 2.24) is 0 Å². The van der Waals surface area contributed by atoms with Crippen LogP contribution in [0.3, 0.4) is 0 Å². The highest BCUT2D eigenvalue weighted by Gasteiger charge is 2.35. The molecule has 1 aromatic carbocycles. The molecule has 0 saturated heterocycles. The summed E-state index contributed by atoms with van der Waals surface area (Å²) >= 11 is 0. The van der Waals surface area contributed by atoms with Gasteiger partial charge in [-0.15, -0.1) is 0 Å². The highest BCUT2D eigenvalue weighted by Crippen LogP contribution is 2.32. The third-order valence-corrected chi connectivity index (χ3v) is 3.14. The van der Waals surface area contributed by atoms with Crippen molar-refractivity contribution < 1.29 is 10.1 Å². The molecular formula is C11H12NO+. The monoisotopic (exact) mass is 174 g/mol. The molecule has 2 nitrogen and oxygen atoms in total. The first-order chi connectivity index (χ1) is 6.36. The summed E-state index contributed by atoms with van der Waals surface area (Å²) < 4.78 is 0. The van der Waals surface area contributed by atoms with Gasteiger partial charge in [0.1, 0.15) is 6.04 Å². The maximum absolute atomic E-state index is 11.6. The van der Waals surface area contributed by atoms with Crippen LogP contribution in [0.4, 0.5) is 0 Å². The third kappa shape index (κ3) is 0.893. The van der Waals surface area contributed by atoms with Crippen LogP contribution in [-0.4, -0.2) is 12.3 Å². The molecule has 0 aromatic heterocycles. The largest absolute Gasteiger partial charge is 0.339 e. The predicted molar refractivity (Wildman–Crippen MR) is 48.6 cm³/mol. The summed E-state index contributed by atoms with van der Waals surface area (Å²) in [5.41, 5.74) is 3.72. The molecule has 1 heterocycles. The average Bonchev–Trinajstić information content (AvgIpc) is 2.47. The highest BCUT2D eigenvalue weighted by molar-refractivity contribution is 6.01. The molecule has 0 fully saturated rings.